The highest BCUT2D eigenvalue weighted by atomic mass is 16.5. The molecule has 1 aliphatic rings. The Morgan fingerprint density at radius 3 is 2.44 bits per heavy atom. The van der Waals surface area contributed by atoms with Crippen molar-refractivity contribution >= 4 is 6.21 Å². The van der Waals surface area contributed by atoms with Crippen molar-refractivity contribution in [1.29, 1.82) is 0 Å². The van der Waals surface area contributed by atoms with Crippen molar-refractivity contribution in [3.8, 4) is 0 Å². The van der Waals surface area contributed by atoms with Crippen molar-refractivity contribution in [2.45, 2.75) is 33.6 Å². The van der Waals surface area contributed by atoms with Crippen LogP contribution in [0, 0.1) is 0 Å². The number of hydrogen-bond donors (Lipinski definition) is 0. The fourth-order valence-electron chi connectivity index (χ4n) is 2.13. The molecule has 1 aliphatic carbocycles. The minimum atomic E-state index is 0.990. The molecule has 1 rings (SSSR count). The summed E-state index contributed by atoms with van der Waals surface area (Å²) in [5.41, 5.74) is 5.23. The van der Waals surface area contributed by atoms with Crippen LogP contribution in [-0.2, 0) is 4.74 Å². The van der Waals surface area contributed by atoms with Gasteiger partial charge in [-0.2, -0.15) is 0 Å². The molecule has 16 heavy (non-hydrogen) atoms. The Bertz CT molecular complexity index is 384. The molecule has 0 fully saturated rings. The lowest BCUT2D eigenvalue weighted by atomic mass is 9.87. The largest absolute Gasteiger partial charge is 0.501 e. The van der Waals surface area contributed by atoms with Crippen molar-refractivity contribution in [2.75, 3.05) is 14.2 Å². The molecule has 88 valence electrons. The van der Waals surface area contributed by atoms with Gasteiger partial charge in [0, 0.05) is 19.7 Å². The third-order valence-corrected chi connectivity index (χ3v) is 3.21. The van der Waals surface area contributed by atoms with Crippen molar-refractivity contribution in [1.82, 2.24) is 0 Å². The molecular weight excluding hydrogens is 198 g/mol. The first-order valence-corrected chi connectivity index (χ1v) is 5.68. The Kier molecular flexibility index (Phi) is 4.53. The van der Waals surface area contributed by atoms with Gasteiger partial charge in [0.25, 0.3) is 0 Å². The molecule has 0 amide bonds. The number of aliphatic imine (C=N–C) groups is 1. The van der Waals surface area contributed by atoms with Gasteiger partial charge >= 0.3 is 0 Å². The zero-order chi connectivity index (χ0) is 12.1. The van der Waals surface area contributed by atoms with Crippen LogP contribution >= 0.6 is 0 Å². The topological polar surface area (TPSA) is 21.6 Å². The van der Waals surface area contributed by atoms with Crippen LogP contribution in [0.4, 0.5) is 0 Å². The van der Waals surface area contributed by atoms with E-state index in [2.05, 4.69) is 31.8 Å². The Balaban J connectivity index is 3.16. The van der Waals surface area contributed by atoms with Crippen molar-refractivity contribution in [2.24, 2.45) is 4.99 Å². The second kappa shape index (κ2) is 5.69. The van der Waals surface area contributed by atoms with E-state index >= 15 is 0 Å². The lowest BCUT2D eigenvalue weighted by Gasteiger charge is -2.22. The van der Waals surface area contributed by atoms with E-state index in [0.717, 1.165) is 18.6 Å². The summed E-state index contributed by atoms with van der Waals surface area (Å²) in [6.45, 7) is 6.35. The fraction of sp³-hybridized carbons (Fsp3) is 0.500. The van der Waals surface area contributed by atoms with Gasteiger partial charge in [-0.3, -0.25) is 4.99 Å². The molecule has 0 aromatic heterocycles. The number of methoxy groups -OCH3 is 1. The van der Waals surface area contributed by atoms with E-state index in [1.807, 2.05) is 13.3 Å². The predicted molar refractivity (Wildman–Crippen MR) is 69.8 cm³/mol. The average Bonchev–Trinajstić information content (AvgIpc) is 2.30. The maximum absolute atomic E-state index is 5.39. The average molecular weight is 219 g/mol. The Morgan fingerprint density at radius 1 is 1.25 bits per heavy atom. The van der Waals surface area contributed by atoms with Crippen molar-refractivity contribution < 1.29 is 4.74 Å². The fourth-order valence-corrected chi connectivity index (χ4v) is 2.13. The first-order chi connectivity index (χ1) is 7.65. The first kappa shape index (κ1) is 12.8. The SMILES string of the molecule is C/C=C(\C=NC)C1=C(C)C(C)=C(OC)CC1. The second-order valence-corrected chi connectivity index (χ2v) is 3.99. The summed E-state index contributed by atoms with van der Waals surface area (Å²) in [5, 5.41) is 0. The van der Waals surface area contributed by atoms with Crippen LogP contribution in [-0.4, -0.2) is 20.4 Å². The molecule has 2 nitrogen and oxygen atoms in total. The van der Waals surface area contributed by atoms with Crippen LogP contribution in [0.5, 0.6) is 0 Å². The van der Waals surface area contributed by atoms with Crippen LogP contribution in [0.25, 0.3) is 0 Å². The van der Waals surface area contributed by atoms with Gasteiger partial charge in [0.1, 0.15) is 0 Å². The van der Waals surface area contributed by atoms with Gasteiger partial charge in [0.2, 0.25) is 0 Å². The molecule has 0 bridgehead atoms. The van der Waals surface area contributed by atoms with Gasteiger partial charge in [-0.1, -0.05) is 6.08 Å². The first-order valence-electron chi connectivity index (χ1n) is 5.68. The van der Waals surface area contributed by atoms with Gasteiger partial charge in [-0.05, 0) is 49.5 Å². The summed E-state index contributed by atoms with van der Waals surface area (Å²) in [6, 6.07) is 0. The molecule has 2 heteroatoms. The summed E-state index contributed by atoms with van der Waals surface area (Å²) >= 11 is 0. The van der Waals surface area contributed by atoms with E-state index in [9.17, 15) is 0 Å². The normalized spacial score (nSPS) is 18.7. The van der Waals surface area contributed by atoms with Crippen molar-refractivity contribution in [3.63, 3.8) is 0 Å². The second-order valence-electron chi connectivity index (χ2n) is 3.99. The van der Waals surface area contributed by atoms with E-state index in [4.69, 9.17) is 4.74 Å². The molecule has 0 unspecified atom stereocenters. The zero-order valence-electron chi connectivity index (χ0n) is 10.9. The van der Waals surface area contributed by atoms with Crippen LogP contribution < -0.4 is 0 Å². The molecule has 0 aromatic rings. The molecule has 0 atom stereocenters. The van der Waals surface area contributed by atoms with Crippen LogP contribution in [0.1, 0.15) is 33.6 Å². The highest BCUT2D eigenvalue weighted by Crippen LogP contribution is 2.33. The van der Waals surface area contributed by atoms with Crippen LogP contribution in [0.15, 0.2) is 39.1 Å². The van der Waals surface area contributed by atoms with Crippen LogP contribution in [0.2, 0.25) is 0 Å². The summed E-state index contributed by atoms with van der Waals surface area (Å²) in [5.74, 6) is 1.12. The maximum Gasteiger partial charge on any atom is 0.0990 e. The molecule has 0 saturated carbocycles. The molecule has 0 radical (unpaired) electrons. The van der Waals surface area contributed by atoms with E-state index < -0.39 is 0 Å². The number of ether oxygens (including phenoxy) is 1. The van der Waals surface area contributed by atoms with Gasteiger partial charge in [-0.25, -0.2) is 0 Å². The van der Waals surface area contributed by atoms with Gasteiger partial charge in [-0.15, -0.1) is 0 Å². The lowest BCUT2D eigenvalue weighted by molar-refractivity contribution is 0.271. The van der Waals surface area contributed by atoms with Gasteiger partial charge in [0.15, 0.2) is 0 Å². The van der Waals surface area contributed by atoms with E-state index in [1.165, 1.54) is 22.3 Å². The molecule has 0 N–H and O–H groups in total. The number of rotatable bonds is 3. The number of allylic oxidation sites excluding steroid dienone is 6. The summed E-state index contributed by atoms with van der Waals surface area (Å²) < 4.78 is 5.39. The van der Waals surface area contributed by atoms with E-state index in [0.29, 0.717) is 0 Å². The van der Waals surface area contributed by atoms with Crippen molar-refractivity contribution in [3.05, 3.63) is 34.1 Å². The monoisotopic (exact) mass is 219 g/mol. The molecule has 0 heterocycles. The molecular formula is C14H21NO. The summed E-state index contributed by atoms with van der Waals surface area (Å²) in [4.78, 5) is 4.11. The molecule has 0 aliphatic heterocycles. The Morgan fingerprint density at radius 2 is 1.94 bits per heavy atom. The zero-order valence-corrected chi connectivity index (χ0v) is 10.9. The molecule has 0 saturated heterocycles. The van der Waals surface area contributed by atoms with Gasteiger partial charge in [0.05, 0.1) is 12.9 Å². The van der Waals surface area contributed by atoms with Crippen LogP contribution in [0.3, 0.4) is 0 Å². The number of hydrogen-bond acceptors (Lipinski definition) is 2. The quantitative estimate of drug-likeness (QED) is 0.664. The summed E-state index contributed by atoms with van der Waals surface area (Å²) in [7, 11) is 3.56. The molecule has 0 spiro atoms. The summed E-state index contributed by atoms with van der Waals surface area (Å²) in [6.07, 6.45) is 6.09. The van der Waals surface area contributed by atoms with E-state index in [1.54, 1.807) is 7.11 Å². The predicted octanol–water partition coefficient (Wildman–Crippen LogP) is 3.66. The number of nitrogens with zero attached hydrogens (tertiary/aromatic N) is 1. The minimum Gasteiger partial charge on any atom is -0.501 e. The van der Waals surface area contributed by atoms with E-state index in [-0.39, 0.29) is 0 Å². The Labute approximate surface area is 98.4 Å². The highest BCUT2D eigenvalue weighted by Gasteiger charge is 2.17. The maximum atomic E-state index is 5.39. The minimum absolute atomic E-state index is 0.990. The smallest absolute Gasteiger partial charge is 0.0990 e. The lowest BCUT2D eigenvalue weighted by Crippen LogP contribution is -2.06. The third kappa shape index (κ3) is 2.43. The van der Waals surface area contributed by atoms with Gasteiger partial charge < -0.3 is 4.74 Å². The highest BCUT2D eigenvalue weighted by molar-refractivity contribution is 5.85. The molecule has 0 aromatic carbocycles. The third-order valence-electron chi connectivity index (χ3n) is 3.21. The standard InChI is InChI=1S/C14H21NO/c1-6-12(9-15-4)13-7-8-14(16-5)11(3)10(13)2/h6,9H,7-8H2,1-5H3/b12-6+,15-9?. The Hall–Kier alpha value is -1.31.